The molecule has 0 bridgehead atoms. The largest absolute Gasteiger partial charge is 0.497 e. The molecule has 0 aliphatic heterocycles. The number of nitro groups is 1. The van der Waals surface area contributed by atoms with Crippen molar-refractivity contribution in [3.05, 3.63) is 114 Å². The normalized spacial score (nSPS) is 10.8. The van der Waals surface area contributed by atoms with E-state index >= 15 is 0 Å². The number of carbonyl (C=O) groups is 1. The first kappa shape index (κ1) is 23.4. The van der Waals surface area contributed by atoms with Gasteiger partial charge < -0.3 is 10.1 Å². The van der Waals surface area contributed by atoms with Gasteiger partial charge in [-0.1, -0.05) is 24.3 Å². The molecule has 0 aliphatic carbocycles. The Morgan fingerprint density at radius 1 is 1.00 bits per heavy atom. The summed E-state index contributed by atoms with van der Waals surface area (Å²) in [6, 6.07) is 17.5. The number of ether oxygens (including phenoxy) is 1. The molecule has 1 aromatic heterocycles. The quantitative estimate of drug-likeness (QED) is 0.324. The molecule has 4 rings (SSSR count). The van der Waals surface area contributed by atoms with Gasteiger partial charge in [-0.3, -0.25) is 28.8 Å². The van der Waals surface area contributed by atoms with Crippen LogP contribution in [0.1, 0.15) is 21.5 Å². The Hall–Kier alpha value is -4.73. The maximum atomic E-state index is 13.2. The second kappa shape index (κ2) is 9.64. The van der Waals surface area contributed by atoms with Crippen molar-refractivity contribution < 1.29 is 14.5 Å². The van der Waals surface area contributed by atoms with Crippen molar-refractivity contribution in [2.75, 3.05) is 7.11 Å². The molecule has 1 heterocycles. The molecule has 0 saturated heterocycles. The first-order valence-electron chi connectivity index (χ1n) is 10.7. The number of amides is 1. The van der Waals surface area contributed by atoms with E-state index in [-0.39, 0.29) is 29.1 Å². The highest BCUT2D eigenvalue weighted by Crippen LogP contribution is 2.15. The van der Waals surface area contributed by atoms with Gasteiger partial charge >= 0.3 is 5.69 Å². The number of aryl methyl sites for hydroxylation is 1. The van der Waals surface area contributed by atoms with Crippen LogP contribution in [0.5, 0.6) is 5.75 Å². The summed E-state index contributed by atoms with van der Waals surface area (Å²) >= 11 is 0. The summed E-state index contributed by atoms with van der Waals surface area (Å²) in [4.78, 5) is 49.1. The van der Waals surface area contributed by atoms with Crippen molar-refractivity contribution in [1.29, 1.82) is 0 Å². The van der Waals surface area contributed by atoms with Gasteiger partial charge in [0.15, 0.2) is 0 Å². The Morgan fingerprint density at radius 3 is 2.29 bits per heavy atom. The highest BCUT2D eigenvalue weighted by atomic mass is 16.6. The highest BCUT2D eigenvalue weighted by molar-refractivity contribution is 5.97. The second-order valence-electron chi connectivity index (χ2n) is 7.92. The van der Waals surface area contributed by atoms with E-state index in [0.29, 0.717) is 23.4 Å². The Kier molecular flexibility index (Phi) is 6.45. The SMILES string of the molecule is COc1ccc(CNC(=O)c2ccc3c(c2)c(=O)n(Cc2ccc([N+](=O)[O-])cc2)c(=O)n3C)cc1. The van der Waals surface area contributed by atoms with Crippen molar-refractivity contribution in [2.24, 2.45) is 7.05 Å². The summed E-state index contributed by atoms with van der Waals surface area (Å²) in [5, 5.41) is 13.9. The zero-order valence-electron chi connectivity index (χ0n) is 19.1. The van der Waals surface area contributed by atoms with Crippen LogP contribution < -0.4 is 21.3 Å². The zero-order chi connectivity index (χ0) is 25.1. The van der Waals surface area contributed by atoms with Crippen LogP contribution in [0.2, 0.25) is 0 Å². The van der Waals surface area contributed by atoms with Crippen molar-refractivity contribution >= 4 is 22.5 Å². The molecular weight excluding hydrogens is 452 g/mol. The third-order valence-electron chi connectivity index (χ3n) is 5.71. The Bertz CT molecular complexity index is 1540. The molecule has 1 amide bonds. The van der Waals surface area contributed by atoms with Gasteiger partial charge in [-0.25, -0.2) is 4.79 Å². The maximum Gasteiger partial charge on any atom is 0.331 e. The van der Waals surface area contributed by atoms with E-state index in [4.69, 9.17) is 4.74 Å². The van der Waals surface area contributed by atoms with Gasteiger partial charge in [0.2, 0.25) is 0 Å². The smallest absolute Gasteiger partial charge is 0.331 e. The number of non-ortho nitro benzene ring substituents is 1. The minimum atomic E-state index is -0.550. The second-order valence-corrected chi connectivity index (χ2v) is 7.92. The topological polar surface area (TPSA) is 125 Å². The summed E-state index contributed by atoms with van der Waals surface area (Å²) in [6.07, 6.45) is 0. The van der Waals surface area contributed by atoms with Gasteiger partial charge in [-0.15, -0.1) is 0 Å². The molecule has 0 radical (unpaired) electrons. The average Bonchev–Trinajstić information content (AvgIpc) is 2.88. The van der Waals surface area contributed by atoms with Crippen molar-refractivity contribution in [3.63, 3.8) is 0 Å². The number of nitro benzene ring substituents is 1. The predicted molar refractivity (Wildman–Crippen MR) is 130 cm³/mol. The molecule has 0 spiro atoms. The molecule has 0 fully saturated rings. The van der Waals surface area contributed by atoms with Crippen LogP contribution in [0.3, 0.4) is 0 Å². The van der Waals surface area contributed by atoms with Gasteiger partial charge in [0.1, 0.15) is 5.75 Å². The van der Waals surface area contributed by atoms with Crippen LogP contribution in [-0.4, -0.2) is 27.1 Å². The van der Waals surface area contributed by atoms with Crippen LogP contribution in [0, 0.1) is 10.1 Å². The molecule has 3 aromatic carbocycles. The Balaban J connectivity index is 1.63. The number of methoxy groups -OCH3 is 1. The first-order chi connectivity index (χ1) is 16.8. The van der Waals surface area contributed by atoms with Crippen LogP contribution in [0.15, 0.2) is 76.3 Å². The number of carbonyl (C=O) groups excluding carboxylic acids is 1. The lowest BCUT2D eigenvalue weighted by Crippen LogP contribution is -2.39. The number of rotatable bonds is 7. The summed E-state index contributed by atoms with van der Waals surface area (Å²) in [7, 11) is 3.12. The maximum absolute atomic E-state index is 13.2. The van der Waals surface area contributed by atoms with Gasteiger partial charge in [0.25, 0.3) is 17.2 Å². The van der Waals surface area contributed by atoms with E-state index in [1.165, 1.54) is 34.9 Å². The molecule has 0 aliphatic rings. The molecule has 1 N–H and O–H groups in total. The van der Waals surface area contributed by atoms with Crippen LogP contribution in [0.4, 0.5) is 5.69 Å². The van der Waals surface area contributed by atoms with E-state index in [9.17, 15) is 24.5 Å². The summed E-state index contributed by atoms with van der Waals surface area (Å²) in [5.74, 6) is 0.350. The summed E-state index contributed by atoms with van der Waals surface area (Å²) in [6.45, 7) is 0.228. The van der Waals surface area contributed by atoms with E-state index in [0.717, 1.165) is 10.1 Å². The monoisotopic (exact) mass is 474 g/mol. The molecule has 10 heteroatoms. The third-order valence-corrected chi connectivity index (χ3v) is 5.71. The number of aromatic nitrogens is 2. The summed E-state index contributed by atoms with van der Waals surface area (Å²) in [5.41, 5.74) is 0.951. The molecule has 0 unspecified atom stereocenters. The van der Waals surface area contributed by atoms with Gasteiger partial charge in [0, 0.05) is 31.3 Å². The Labute approximate surface area is 199 Å². The van der Waals surface area contributed by atoms with Gasteiger partial charge in [-0.2, -0.15) is 0 Å². The number of hydrogen-bond donors (Lipinski definition) is 1. The van der Waals surface area contributed by atoms with E-state index in [1.54, 1.807) is 38.4 Å². The van der Waals surface area contributed by atoms with Crippen molar-refractivity contribution in [3.8, 4) is 5.75 Å². The van der Waals surface area contributed by atoms with Crippen LogP contribution >= 0.6 is 0 Å². The average molecular weight is 474 g/mol. The molecular formula is C25H22N4O6. The number of nitrogens with zero attached hydrogens (tertiary/aromatic N) is 3. The van der Waals surface area contributed by atoms with E-state index in [1.807, 2.05) is 12.1 Å². The molecule has 0 atom stereocenters. The molecule has 0 saturated carbocycles. The van der Waals surface area contributed by atoms with E-state index in [2.05, 4.69) is 5.32 Å². The lowest BCUT2D eigenvalue weighted by Gasteiger charge is -2.12. The molecule has 10 nitrogen and oxygen atoms in total. The van der Waals surface area contributed by atoms with Crippen molar-refractivity contribution in [2.45, 2.75) is 13.1 Å². The first-order valence-corrected chi connectivity index (χ1v) is 10.7. The Morgan fingerprint density at radius 2 is 1.66 bits per heavy atom. The minimum Gasteiger partial charge on any atom is -0.497 e. The minimum absolute atomic E-state index is 0.0622. The molecule has 35 heavy (non-hydrogen) atoms. The number of nitrogens with one attached hydrogen (secondary N) is 1. The fourth-order valence-corrected chi connectivity index (χ4v) is 3.73. The zero-order valence-corrected chi connectivity index (χ0v) is 19.1. The molecule has 178 valence electrons. The van der Waals surface area contributed by atoms with Crippen LogP contribution in [0.25, 0.3) is 10.9 Å². The summed E-state index contributed by atoms with van der Waals surface area (Å²) < 4.78 is 7.50. The fraction of sp³-hybridized carbons (Fsp3) is 0.160. The predicted octanol–water partition coefficient (Wildman–Crippen LogP) is 2.60. The van der Waals surface area contributed by atoms with Crippen molar-refractivity contribution in [1.82, 2.24) is 14.5 Å². The number of benzene rings is 3. The lowest BCUT2D eigenvalue weighted by atomic mass is 10.1. The third kappa shape index (κ3) is 4.81. The van der Waals surface area contributed by atoms with E-state index < -0.39 is 16.2 Å². The van der Waals surface area contributed by atoms with Gasteiger partial charge in [-0.05, 0) is 41.5 Å². The molecule has 4 aromatic rings. The lowest BCUT2D eigenvalue weighted by molar-refractivity contribution is -0.384. The van der Waals surface area contributed by atoms with Gasteiger partial charge in [0.05, 0.1) is 29.5 Å². The van der Waals surface area contributed by atoms with Crippen LogP contribution in [-0.2, 0) is 20.1 Å². The number of fused-ring (bicyclic) bond motifs is 1. The highest BCUT2D eigenvalue weighted by Gasteiger charge is 2.15. The number of hydrogen-bond acceptors (Lipinski definition) is 6. The fourth-order valence-electron chi connectivity index (χ4n) is 3.73. The standard InChI is InChI=1S/C25H22N4O6/c1-27-22-12-7-18(23(30)26-14-16-5-10-20(35-2)11-6-16)13-21(22)24(31)28(25(27)32)15-17-3-8-19(9-4-17)29(33)34/h3-13H,14-15H2,1-2H3,(H,26,30).